The maximum atomic E-state index is 13.7. The number of rotatable bonds is 2. The third-order valence-corrected chi connectivity index (χ3v) is 6.05. The van der Waals surface area contributed by atoms with Crippen LogP contribution in [0.3, 0.4) is 0 Å². The molecule has 1 aromatic heterocycles. The van der Waals surface area contributed by atoms with E-state index in [1.807, 2.05) is 12.1 Å². The number of fused-ring (bicyclic) bond motifs is 6. The summed E-state index contributed by atoms with van der Waals surface area (Å²) in [4.78, 5) is 0. The van der Waals surface area contributed by atoms with E-state index in [1.165, 1.54) is 25.3 Å². The van der Waals surface area contributed by atoms with Crippen molar-refractivity contribution in [1.82, 2.24) is 0 Å². The molecule has 20 heavy (non-hydrogen) atoms. The van der Waals surface area contributed by atoms with Gasteiger partial charge in [0.2, 0.25) is 0 Å². The molecule has 0 radical (unpaired) electrons. The SMILES string of the molecule is NC(c1cc2cccc(F)c2o1)C1C2C3CCC(C3)C21. The molecule has 0 saturated heterocycles. The van der Waals surface area contributed by atoms with E-state index in [1.54, 1.807) is 6.07 Å². The van der Waals surface area contributed by atoms with Crippen molar-refractivity contribution >= 4 is 11.0 Å². The van der Waals surface area contributed by atoms with E-state index in [2.05, 4.69) is 0 Å². The molecule has 0 spiro atoms. The molecule has 2 N–H and O–H groups in total. The van der Waals surface area contributed by atoms with Crippen LogP contribution in [0.15, 0.2) is 28.7 Å². The lowest BCUT2D eigenvalue weighted by Gasteiger charge is -2.13. The average molecular weight is 271 g/mol. The normalized spacial score (nSPS) is 39.2. The Morgan fingerprint density at radius 3 is 2.65 bits per heavy atom. The highest BCUT2D eigenvalue weighted by Crippen LogP contribution is 2.71. The maximum Gasteiger partial charge on any atom is 0.169 e. The molecule has 2 nitrogen and oxygen atoms in total. The predicted octanol–water partition coefficient (Wildman–Crippen LogP) is 3.86. The molecule has 104 valence electrons. The summed E-state index contributed by atoms with van der Waals surface area (Å²) in [6.07, 6.45) is 4.21. The second kappa shape index (κ2) is 3.64. The van der Waals surface area contributed by atoms with Crippen molar-refractivity contribution in [3.05, 3.63) is 35.8 Å². The predicted molar refractivity (Wildman–Crippen MR) is 74.4 cm³/mol. The highest BCUT2D eigenvalue weighted by atomic mass is 19.1. The number of para-hydroxylation sites is 1. The standard InChI is InChI=1S/C17H18FNO/c18-11-3-1-2-10-7-12(20-17(10)11)16(19)15-13-8-4-5-9(6-8)14(13)15/h1-3,7-9,13-16H,4-6,19H2. The third-order valence-electron chi connectivity index (χ3n) is 6.05. The highest BCUT2D eigenvalue weighted by Gasteiger charge is 2.66. The van der Waals surface area contributed by atoms with Crippen LogP contribution in [0.25, 0.3) is 11.0 Å². The monoisotopic (exact) mass is 271 g/mol. The smallest absolute Gasteiger partial charge is 0.169 e. The Hall–Kier alpha value is -1.35. The van der Waals surface area contributed by atoms with Crippen molar-refractivity contribution < 1.29 is 8.81 Å². The Balaban J connectivity index is 1.49. The molecule has 2 bridgehead atoms. The molecule has 5 unspecified atom stereocenters. The van der Waals surface area contributed by atoms with Gasteiger partial charge in [0.15, 0.2) is 11.4 Å². The molecular formula is C17H18FNO. The number of furan rings is 1. The van der Waals surface area contributed by atoms with Crippen LogP contribution in [-0.2, 0) is 0 Å². The van der Waals surface area contributed by atoms with E-state index in [9.17, 15) is 4.39 Å². The zero-order chi connectivity index (χ0) is 13.4. The van der Waals surface area contributed by atoms with Gasteiger partial charge in [-0.15, -0.1) is 0 Å². The number of benzene rings is 1. The quantitative estimate of drug-likeness (QED) is 0.900. The van der Waals surface area contributed by atoms with E-state index in [-0.39, 0.29) is 11.9 Å². The van der Waals surface area contributed by atoms with Crippen molar-refractivity contribution in [1.29, 1.82) is 0 Å². The molecule has 0 aliphatic heterocycles. The second-order valence-corrected chi connectivity index (χ2v) is 6.90. The summed E-state index contributed by atoms with van der Waals surface area (Å²) in [5, 5.41) is 0.823. The lowest BCUT2D eigenvalue weighted by Crippen LogP contribution is -2.16. The van der Waals surface area contributed by atoms with Crippen LogP contribution in [0.1, 0.15) is 31.1 Å². The summed E-state index contributed by atoms with van der Waals surface area (Å²) in [5.74, 6) is 4.50. The van der Waals surface area contributed by atoms with Crippen LogP contribution in [0.2, 0.25) is 0 Å². The number of hydrogen-bond donors (Lipinski definition) is 1. The van der Waals surface area contributed by atoms with E-state index >= 15 is 0 Å². The van der Waals surface area contributed by atoms with Gasteiger partial charge in [0.1, 0.15) is 5.76 Å². The molecule has 5 rings (SSSR count). The van der Waals surface area contributed by atoms with E-state index < -0.39 is 0 Å². The number of halogens is 1. The van der Waals surface area contributed by atoms with Crippen LogP contribution >= 0.6 is 0 Å². The topological polar surface area (TPSA) is 39.2 Å². The van der Waals surface area contributed by atoms with Crippen LogP contribution in [-0.4, -0.2) is 0 Å². The van der Waals surface area contributed by atoms with Crippen LogP contribution in [0.4, 0.5) is 4.39 Å². The molecule has 3 aliphatic rings. The zero-order valence-electron chi connectivity index (χ0n) is 11.3. The number of hydrogen-bond acceptors (Lipinski definition) is 2. The van der Waals surface area contributed by atoms with Gasteiger partial charge in [-0.1, -0.05) is 12.1 Å². The van der Waals surface area contributed by atoms with Gasteiger partial charge in [-0.25, -0.2) is 4.39 Å². The Morgan fingerprint density at radius 1 is 1.20 bits per heavy atom. The summed E-state index contributed by atoms with van der Waals surface area (Å²) in [7, 11) is 0. The Bertz CT molecular complexity index is 677. The van der Waals surface area contributed by atoms with E-state index in [0.29, 0.717) is 11.5 Å². The maximum absolute atomic E-state index is 13.7. The van der Waals surface area contributed by atoms with Gasteiger partial charge in [0, 0.05) is 5.39 Å². The average Bonchev–Trinajstić information content (AvgIpc) is 2.84. The molecule has 3 heteroatoms. The van der Waals surface area contributed by atoms with Crippen LogP contribution in [0, 0.1) is 35.4 Å². The molecule has 3 aliphatic carbocycles. The minimum absolute atomic E-state index is 0.0554. The Labute approximate surface area is 117 Å². The highest BCUT2D eigenvalue weighted by molar-refractivity contribution is 5.78. The summed E-state index contributed by atoms with van der Waals surface area (Å²) in [5.41, 5.74) is 6.79. The first-order valence-electron chi connectivity index (χ1n) is 7.67. The van der Waals surface area contributed by atoms with Gasteiger partial charge in [0.25, 0.3) is 0 Å². The van der Waals surface area contributed by atoms with Crippen molar-refractivity contribution in [2.24, 2.45) is 35.3 Å². The molecule has 1 heterocycles. The van der Waals surface area contributed by atoms with Gasteiger partial charge >= 0.3 is 0 Å². The second-order valence-electron chi connectivity index (χ2n) is 6.90. The minimum Gasteiger partial charge on any atom is -0.456 e. The molecular weight excluding hydrogens is 253 g/mol. The third kappa shape index (κ3) is 1.32. The Kier molecular flexibility index (Phi) is 2.06. The largest absolute Gasteiger partial charge is 0.456 e. The lowest BCUT2D eigenvalue weighted by molar-refractivity contribution is 0.376. The Morgan fingerprint density at radius 2 is 1.95 bits per heavy atom. The first-order valence-corrected chi connectivity index (χ1v) is 7.67. The molecule has 0 amide bonds. The fourth-order valence-electron chi connectivity index (χ4n) is 5.27. The molecule has 5 atom stereocenters. The fraction of sp³-hybridized carbons (Fsp3) is 0.529. The summed E-state index contributed by atoms with van der Waals surface area (Å²) in [6.45, 7) is 0. The molecule has 3 fully saturated rings. The van der Waals surface area contributed by atoms with Gasteiger partial charge < -0.3 is 10.2 Å². The zero-order valence-corrected chi connectivity index (χ0v) is 11.3. The molecule has 2 aromatic rings. The molecule has 3 saturated carbocycles. The summed E-state index contributed by atoms with van der Waals surface area (Å²) in [6, 6.07) is 6.91. The van der Waals surface area contributed by atoms with Crippen LogP contribution in [0.5, 0.6) is 0 Å². The van der Waals surface area contributed by atoms with Crippen molar-refractivity contribution in [2.45, 2.75) is 25.3 Å². The molecule has 1 aromatic carbocycles. The fourth-order valence-corrected chi connectivity index (χ4v) is 5.27. The van der Waals surface area contributed by atoms with Gasteiger partial charge in [-0.2, -0.15) is 0 Å². The lowest BCUT2D eigenvalue weighted by atomic mass is 9.96. The number of nitrogens with two attached hydrogens (primary N) is 1. The van der Waals surface area contributed by atoms with Gasteiger partial charge in [-0.05, 0) is 61.0 Å². The van der Waals surface area contributed by atoms with Crippen LogP contribution < -0.4 is 5.73 Å². The summed E-state index contributed by atoms with van der Waals surface area (Å²) >= 11 is 0. The van der Waals surface area contributed by atoms with Crippen molar-refractivity contribution in [3.63, 3.8) is 0 Å². The summed E-state index contributed by atoms with van der Waals surface area (Å²) < 4.78 is 19.4. The minimum atomic E-state index is -0.294. The first kappa shape index (κ1) is 11.3. The van der Waals surface area contributed by atoms with E-state index in [0.717, 1.165) is 34.8 Å². The van der Waals surface area contributed by atoms with Crippen molar-refractivity contribution in [2.75, 3.05) is 0 Å². The van der Waals surface area contributed by atoms with Gasteiger partial charge in [0.05, 0.1) is 6.04 Å². The van der Waals surface area contributed by atoms with E-state index in [4.69, 9.17) is 10.2 Å². The first-order chi connectivity index (χ1) is 9.74. The van der Waals surface area contributed by atoms with Gasteiger partial charge in [-0.3, -0.25) is 0 Å². The van der Waals surface area contributed by atoms with Crippen molar-refractivity contribution in [3.8, 4) is 0 Å².